The third-order valence-electron chi connectivity index (χ3n) is 3.52. The Hall–Kier alpha value is -2.14. The third-order valence-corrected chi connectivity index (χ3v) is 3.52. The zero-order chi connectivity index (χ0) is 14.1. The van der Waals surface area contributed by atoms with Crippen LogP contribution in [0.2, 0.25) is 0 Å². The van der Waals surface area contributed by atoms with E-state index in [9.17, 15) is 4.79 Å². The van der Waals surface area contributed by atoms with Crippen LogP contribution in [0.15, 0.2) is 34.7 Å². The number of nitrogens with two attached hydrogens (primary N) is 1. The van der Waals surface area contributed by atoms with E-state index in [1.165, 1.54) is 0 Å². The standard InChI is InChI=1S/C15H17N3O2/c1-10-13(15(19)18-8-7-12(16)9-18)20-14(17-10)11-5-3-2-4-6-11/h2-6,12H,7-9,16H2,1H3/t12-/m0/s1. The van der Waals surface area contributed by atoms with Gasteiger partial charge in [-0.25, -0.2) is 4.98 Å². The average molecular weight is 271 g/mol. The summed E-state index contributed by atoms with van der Waals surface area (Å²) >= 11 is 0. The summed E-state index contributed by atoms with van der Waals surface area (Å²) in [6.07, 6.45) is 0.838. The van der Waals surface area contributed by atoms with E-state index in [4.69, 9.17) is 10.2 Å². The Morgan fingerprint density at radius 2 is 2.15 bits per heavy atom. The molecular weight excluding hydrogens is 254 g/mol. The van der Waals surface area contributed by atoms with E-state index in [-0.39, 0.29) is 11.9 Å². The van der Waals surface area contributed by atoms with Gasteiger partial charge in [-0.15, -0.1) is 0 Å². The molecule has 5 heteroatoms. The van der Waals surface area contributed by atoms with Crippen molar-refractivity contribution < 1.29 is 9.21 Å². The number of amides is 1. The largest absolute Gasteiger partial charge is 0.431 e. The maximum Gasteiger partial charge on any atom is 0.291 e. The minimum absolute atomic E-state index is 0.0655. The minimum atomic E-state index is -0.120. The number of benzene rings is 1. The molecule has 0 unspecified atom stereocenters. The van der Waals surface area contributed by atoms with Crippen molar-refractivity contribution in [3.8, 4) is 11.5 Å². The molecule has 1 aliphatic rings. The number of aromatic nitrogens is 1. The van der Waals surface area contributed by atoms with E-state index in [1.54, 1.807) is 11.8 Å². The lowest BCUT2D eigenvalue weighted by Crippen LogP contribution is -2.32. The molecule has 104 valence electrons. The van der Waals surface area contributed by atoms with E-state index >= 15 is 0 Å². The van der Waals surface area contributed by atoms with Gasteiger partial charge in [0.2, 0.25) is 11.7 Å². The zero-order valence-electron chi connectivity index (χ0n) is 11.4. The molecule has 5 nitrogen and oxygen atoms in total. The Balaban J connectivity index is 1.88. The fourth-order valence-electron chi connectivity index (χ4n) is 2.41. The smallest absolute Gasteiger partial charge is 0.291 e. The summed E-state index contributed by atoms with van der Waals surface area (Å²) in [5, 5.41) is 0. The van der Waals surface area contributed by atoms with Crippen LogP contribution >= 0.6 is 0 Å². The fraction of sp³-hybridized carbons (Fsp3) is 0.333. The number of carbonyl (C=O) groups is 1. The van der Waals surface area contributed by atoms with Gasteiger partial charge >= 0.3 is 0 Å². The molecule has 0 saturated carbocycles. The lowest BCUT2D eigenvalue weighted by Gasteiger charge is -2.13. The number of hydrogen-bond donors (Lipinski definition) is 1. The molecule has 1 saturated heterocycles. The number of carbonyl (C=O) groups excluding carboxylic acids is 1. The van der Waals surface area contributed by atoms with Crippen molar-refractivity contribution in [1.29, 1.82) is 0 Å². The number of aryl methyl sites for hydroxylation is 1. The molecule has 0 radical (unpaired) electrons. The molecule has 0 spiro atoms. The highest BCUT2D eigenvalue weighted by Gasteiger charge is 2.28. The van der Waals surface area contributed by atoms with Crippen molar-refractivity contribution in [2.75, 3.05) is 13.1 Å². The number of likely N-dealkylation sites (tertiary alicyclic amines) is 1. The van der Waals surface area contributed by atoms with Gasteiger partial charge in [-0.05, 0) is 25.5 Å². The average Bonchev–Trinajstić information content (AvgIpc) is 3.05. The van der Waals surface area contributed by atoms with Crippen LogP contribution in [-0.2, 0) is 0 Å². The fourth-order valence-corrected chi connectivity index (χ4v) is 2.41. The molecule has 20 heavy (non-hydrogen) atoms. The topological polar surface area (TPSA) is 72.4 Å². The first-order valence-corrected chi connectivity index (χ1v) is 6.73. The molecule has 2 heterocycles. The second-order valence-corrected chi connectivity index (χ2v) is 5.10. The van der Waals surface area contributed by atoms with Gasteiger partial charge in [0.15, 0.2) is 0 Å². The molecule has 3 rings (SSSR count). The van der Waals surface area contributed by atoms with Crippen LogP contribution in [0, 0.1) is 6.92 Å². The van der Waals surface area contributed by atoms with Crippen LogP contribution in [0.25, 0.3) is 11.5 Å². The zero-order valence-corrected chi connectivity index (χ0v) is 11.4. The van der Waals surface area contributed by atoms with Gasteiger partial charge in [-0.3, -0.25) is 4.79 Å². The van der Waals surface area contributed by atoms with Crippen LogP contribution < -0.4 is 5.73 Å². The maximum atomic E-state index is 12.4. The summed E-state index contributed by atoms with van der Waals surface area (Å²) < 4.78 is 5.67. The first kappa shape index (κ1) is 12.9. The molecule has 1 aromatic carbocycles. The summed E-state index contributed by atoms with van der Waals surface area (Å²) in [4.78, 5) is 18.5. The molecule has 0 bridgehead atoms. The predicted octanol–water partition coefficient (Wildman–Crippen LogP) is 1.82. The van der Waals surface area contributed by atoms with Gasteiger partial charge in [0, 0.05) is 24.7 Å². The predicted molar refractivity (Wildman–Crippen MR) is 75.2 cm³/mol. The van der Waals surface area contributed by atoms with Crippen molar-refractivity contribution >= 4 is 5.91 Å². The number of nitrogens with zero attached hydrogens (tertiary/aromatic N) is 2. The van der Waals surface area contributed by atoms with Crippen molar-refractivity contribution in [2.45, 2.75) is 19.4 Å². The monoisotopic (exact) mass is 271 g/mol. The van der Waals surface area contributed by atoms with Crippen LogP contribution in [0.4, 0.5) is 0 Å². The van der Waals surface area contributed by atoms with Crippen LogP contribution in [-0.4, -0.2) is 34.9 Å². The minimum Gasteiger partial charge on any atom is -0.431 e. The summed E-state index contributed by atoms with van der Waals surface area (Å²) in [5.74, 6) is 0.679. The van der Waals surface area contributed by atoms with Gasteiger partial charge in [0.25, 0.3) is 5.91 Å². The van der Waals surface area contributed by atoms with Crippen molar-refractivity contribution in [2.24, 2.45) is 5.73 Å². The normalized spacial score (nSPS) is 18.5. The number of oxazole rings is 1. The summed E-state index contributed by atoms with van der Waals surface area (Å²) in [7, 11) is 0. The highest BCUT2D eigenvalue weighted by atomic mass is 16.4. The van der Waals surface area contributed by atoms with E-state index < -0.39 is 0 Å². The van der Waals surface area contributed by atoms with Gasteiger partial charge in [0.05, 0.1) is 5.69 Å². The van der Waals surface area contributed by atoms with Crippen LogP contribution in [0.1, 0.15) is 22.7 Å². The Bertz CT molecular complexity index is 621. The van der Waals surface area contributed by atoms with E-state index in [0.717, 1.165) is 12.0 Å². The number of hydrogen-bond acceptors (Lipinski definition) is 4. The number of rotatable bonds is 2. The van der Waals surface area contributed by atoms with E-state index in [2.05, 4.69) is 4.98 Å². The Labute approximate surface area is 117 Å². The molecule has 1 amide bonds. The Morgan fingerprint density at radius 3 is 2.80 bits per heavy atom. The molecule has 2 aromatic rings. The molecule has 1 aliphatic heterocycles. The third kappa shape index (κ3) is 2.32. The molecule has 1 aromatic heterocycles. The summed E-state index contributed by atoms with van der Waals surface area (Å²) in [6, 6.07) is 9.63. The van der Waals surface area contributed by atoms with Gasteiger partial charge < -0.3 is 15.1 Å². The van der Waals surface area contributed by atoms with Gasteiger partial charge in [0.1, 0.15) is 0 Å². The molecule has 0 aliphatic carbocycles. The molecule has 1 fully saturated rings. The SMILES string of the molecule is Cc1nc(-c2ccccc2)oc1C(=O)N1CC[C@H](N)C1. The van der Waals surface area contributed by atoms with Crippen molar-refractivity contribution in [3.63, 3.8) is 0 Å². The quantitative estimate of drug-likeness (QED) is 0.904. The van der Waals surface area contributed by atoms with Crippen molar-refractivity contribution in [3.05, 3.63) is 41.8 Å². The first-order valence-electron chi connectivity index (χ1n) is 6.73. The van der Waals surface area contributed by atoms with Crippen molar-refractivity contribution in [1.82, 2.24) is 9.88 Å². The van der Waals surface area contributed by atoms with Crippen LogP contribution in [0.5, 0.6) is 0 Å². The van der Waals surface area contributed by atoms with Crippen LogP contribution in [0.3, 0.4) is 0 Å². The molecule has 1 atom stereocenters. The second-order valence-electron chi connectivity index (χ2n) is 5.10. The summed E-state index contributed by atoms with van der Waals surface area (Å²) in [5.41, 5.74) is 7.32. The van der Waals surface area contributed by atoms with Gasteiger partial charge in [-0.2, -0.15) is 0 Å². The Kier molecular flexibility index (Phi) is 3.28. The second kappa shape index (κ2) is 5.09. The summed E-state index contributed by atoms with van der Waals surface area (Å²) in [6.45, 7) is 3.06. The Morgan fingerprint density at radius 1 is 1.40 bits per heavy atom. The highest BCUT2D eigenvalue weighted by molar-refractivity contribution is 5.93. The van der Waals surface area contributed by atoms with E-state index in [1.807, 2.05) is 30.3 Å². The lowest BCUT2D eigenvalue weighted by molar-refractivity contribution is 0.0759. The molecule has 2 N–H and O–H groups in total. The lowest BCUT2D eigenvalue weighted by atomic mass is 10.2. The molecular formula is C15H17N3O2. The highest BCUT2D eigenvalue weighted by Crippen LogP contribution is 2.23. The van der Waals surface area contributed by atoms with Gasteiger partial charge in [-0.1, -0.05) is 18.2 Å². The first-order chi connectivity index (χ1) is 9.65. The maximum absolute atomic E-state index is 12.4. The van der Waals surface area contributed by atoms with E-state index in [0.29, 0.717) is 30.4 Å².